The first-order chi connectivity index (χ1) is 21.8. The Balaban J connectivity index is 1.61. The first-order valence-electron chi connectivity index (χ1n) is 15.0. The third kappa shape index (κ3) is 4.81. The van der Waals surface area contributed by atoms with E-state index in [-0.39, 0.29) is 38.3 Å². The van der Waals surface area contributed by atoms with Crippen LogP contribution in [0.2, 0.25) is 0 Å². The van der Waals surface area contributed by atoms with Crippen LogP contribution in [0.3, 0.4) is 0 Å². The van der Waals surface area contributed by atoms with E-state index in [9.17, 15) is 10.1 Å². The predicted octanol–water partition coefficient (Wildman–Crippen LogP) is 3.72. The van der Waals surface area contributed by atoms with E-state index in [1.165, 1.54) is 7.11 Å². The van der Waals surface area contributed by atoms with E-state index in [2.05, 4.69) is 40.9 Å². The van der Waals surface area contributed by atoms with Gasteiger partial charge >= 0.3 is 6.09 Å². The van der Waals surface area contributed by atoms with Crippen molar-refractivity contribution in [2.24, 2.45) is 0 Å². The maximum absolute atomic E-state index is 12.5. The zero-order chi connectivity index (χ0) is 32.0. The van der Waals surface area contributed by atoms with Crippen LogP contribution in [0, 0.1) is 25.2 Å². The Labute approximate surface area is 263 Å². The van der Waals surface area contributed by atoms with E-state index in [1.807, 2.05) is 13.8 Å². The van der Waals surface area contributed by atoms with Gasteiger partial charge in [-0.2, -0.15) is 5.26 Å². The fraction of sp³-hybridized carbons (Fsp3) is 0.515. The van der Waals surface area contributed by atoms with Crippen LogP contribution in [0.1, 0.15) is 45.5 Å². The molecule has 2 aromatic carbocycles. The number of fused-ring (bicyclic) bond motifs is 9. The molecule has 3 unspecified atom stereocenters. The number of methoxy groups -OCH3 is 3. The minimum atomic E-state index is -0.564. The highest BCUT2D eigenvalue weighted by molar-refractivity contribution is 5.69. The van der Waals surface area contributed by atoms with Crippen molar-refractivity contribution in [2.75, 3.05) is 55.1 Å². The number of aryl methyl sites for hydroxylation is 1. The highest BCUT2D eigenvalue weighted by atomic mass is 16.7. The van der Waals surface area contributed by atoms with Gasteiger partial charge in [0, 0.05) is 48.0 Å². The molecule has 1 N–H and O–H groups in total. The molecule has 4 aliphatic rings. The van der Waals surface area contributed by atoms with Gasteiger partial charge in [0.1, 0.15) is 18.4 Å². The van der Waals surface area contributed by atoms with Crippen molar-refractivity contribution in [1.82, 2.24) is 15.1 Å². The monoisotopic (exact) mass is 620 g/mol. The maximum Gasteiger partial charge on any atom is 0.406 e. The van der Waals surface area contributed by atoms with Crippen LogP contribution in [-0.4, -0.2) is 89.1 Å². The largest absolute Gasteiger partial charge is 0.493 e. The lowest BCUT2D eigenvalue weighted by Crippen LogP contribution is -2.68. The van der Waals surface area contributed by atoms with Crippen LogP contribution in [0.4, 0.5) is 4.79 Å². The first-order valence-corrected chi connectivity index (χ1v) is 15.0. The number of nitriles is 1. The van der Waals surface area contributed by atoms with Gasteiger partial charge in [-0.1, -0.05) is 18.7 Å². The molecule has 45 heavy (non-hydrogen) atoms. The lowest BCUT2D eigenvalue weighted by Gasteiger charge is -2.60. The Morgan fingerprint density at radius 2 is 1.89 bits per heavy atom. The summed E-state index contributed by atoms with van der Waals surface area (Å²) in [6, 6.07) is 3.27. The summed E-state index contributed by atoms with van der Waals surface area (Å²) in [6.07, 6.45) is 2.30. The molecule has 240 valence electrons. The summed E-state index contributed by atoms with van der Waals surface area (Å²) in [7, 11) is 6.63. The predicted molar refractivity (Wildman–Crippen MR) is 163 cm³/mol. The van der Waals surface area contributed by atoms with Gasteiger partial charge in [-0.05, 0) is 44.9 Å². The molecule has 2 bridgehead atoms. The van der Waals surface area contributed by atoms with Crippen molar-refractivity contribution in [2.45, 2.75) is 56.9 Å². The molecule has 6 rings (SSSR count). The van der Waals surface area contributed by atoms with Crippen LogP contribution < -0.4 is 29.0 Å². The van der Waals surface area contributed by atoms with Crippen molar-refractivity contribution in [3.05, 3.63) is 52.1 Å². The van der Waals surface area contributed by atoms with Crippen molar-refractivity contribution >= 4 is 6.09 Å². The number of hydrogen-bond donors (Lipinski definition) is 1. The zero-order valence-corrected chi connectivity index (χ0v) is 26.6. The van der Waals surface area contributed by atoms with Gasteiger partial charge < -0.3 is 38.5 Å². The molecule has 12 nitrogen and oxygen atoms in total. The fourth-order valence-electron chi connectivity index (χ4n) is 7.86. The molecule has 0 radical (unpaired) electrons. The van der Waals surface area contributed by atoms with E-state index in [1.54, 1.807) is 20.3 Å². The van der Waals surface area contributed by atoms with Crippen LogP contribution in [-0.2, 0) is 22.3 Å². The number of alkyl carbamates (subject to hydrolysis) is 1. The number of nitrogens with zero attached hydrogens (tertiary/aromatic N) is 3. The molecule has 0 saturated carbocycles. The summed E-state index contributed by atoms with van der Waals surface area (Å²) in [6.45, 7) is 8.41. The number of likely N-dealkylation sites (N-methyl/N-ethyl adjacent to an activating group) is 1. The van der Waals surface area contributed by atoms with Gasteiger partial charge in [0.2, 0.25) is 6.79 Å². The van der Waals surface area contributed by atoms with Gasteiger partial charge in [-0.3, -0.25) is 9.80 Å². The highest BCUT2D eigenvalue weighted by Gasteiger charge is 2.57. The number of rotatable bonds is 9. The first kappa shape index (κ1) is 30.8. The number of benzene rings is 2. The average molecular weight is 621 g/mol. The summed E-state index contributed by atoms with van der Waals surface area (Å²) in [5.41, 5.74) is 5.71. The molecule has 12 heteroatoms. The zero-order valence-electron chi connectivity index (χ0n) is 26.6. The van der Waals surface area contributed by atoms with Crippen LogP contribution >= 0.6 is 0 Å². The van der Waals surface area contributed by atoms with Crippen molar-refractivity contribution < 1.29 is 38.0 Å². The summed E-state index contributed by atoms with van der Waals surface area (Å²) < 4.78 is 40.9. The number of amides is 1. The minimum absolute atomic E-state index is 0.0536. The van der Waals surface area contributed by atoms with Gasteiger partial charge in [0.05, 0.1) is 32.4 Å². The van der Waals surface area contributed by atoms with Gasteiger partial charge in [-0.15, -0.1) is 0 Å². The Bertz CT molecular complexity index is 1550. The van der Waals surface area contributed by atoms with Crippen molar-refractivity contribution in [1.29, 1.82) is 5.26 Å². The molecular formula is C33H40N4O8. The number of hydrogen-bond acceptors (Lipinski definition) is 11. The quantitative estimate of drug-likeness (QED) is 0.326. The van der Waals surface area contributed by atoms with Crippen molar-refractivity contribution in [3.63, 3.8) is 0 Å². The SMILES string of the molecule is C=CCOc1c(C)c2c(c3c1C[C@H]1C4c5c(cc(C)c(OC)c5OCOC)CC([C@H](C#N)N1C3CNC(=O)OC)N4C)OCO2. The maximum atomic E-state index is 12.5. The number of carbonyl (C=O) groups is 1. The molecule has 4 heterocycles. The Morgan fingerprint density at radius 1 is 1.11 bits per heavy atom. The number of nitrogens with one attached hydrogen (secondary N) is 1. The number of piperazine rings is 1. The third-order valence-electron chi connectivity index (χ3n) is 9.54. The van der Waals surface area contributed by atoms with Crippen LogP contribution in [0.5, 0.6) is 28.7 Å². The summed E-state index contributed by atoms with van der Waals surface area (Å²) in [5, 5.41) is 13.7. The topological polar surface area (TPSA) is 124 Å². The molecule has 0 spiro atoms. The molecule has 2 aromatic rings. The van der Waals surface area contributed by atoms with Gasteiger partial charge in [0.15, 0.2) is 29.8 Å². The molecule has 0 aromatic heterocycles. The second-order valence-corrected chi connectivity index (χ2v) is 11.8. The van der Waals surface area contributed by atoms with Crippen molar-refractivity contribution in [3.8, 4) is 34.8 Å². The van der Waals surface area contributed by atoms with Crippen LogP contribution in [0.15, 0.2) is 18.7 Å². The minimum Gasteiger partial charge on any atom is -0.493 e. The van der Waals surface area contributed by atoms with Gasteiger partial charge in [0.25, 0.3) is 0 Å². The molecular weight excluding hydrogens is 580 g/mol. The summed E-state index contributed by atoms with van der Waals surface area (Å²) in [4.78, 5) is 17.0. The normalized spacial score (nSPS) is 24.4. The molecule has 5 atom stereocenters. The van der Waals surface area contributed by atoms with E-state index >= 15 is 0 Å². The molecule has 0 aliphatic carbocycles. The Kier molecular flexibility index (Phi) is 8.43. The second-order valence-electron chi connectivity index (χ2n) is 11.8. The third-order valence-corrected chi connectivity index (χ3v) is 9.54. The molecule has 1 fully saturated rings. The highest BCUT2D eigenvalue weighted by Crippen LogP contribution is 2.58. The second kappa shape index (κ2) is 12.3. The molecule has 4 aliphatic heterocycles. The standard InChI is InChI=1S/C33H40N4O8/c1-8-9-42-29-18(3)30-32(45-16-44-30)26-20(29)12-22-27-25-19(10-17(2)28(40-6)31(25)43-15-39-5)11-21(36(27)4)23(13-34)37(22)24(26)14-35-33(38)41-7/h8,10,21-24,27H,1,9,11-12,14-16H2,2-7H3,(H,35,38)/t21?,22-,23-,24?,27?/m0/s1. The molecule has 1 amide bonds. The summed E-state index contributed by atoms with van der Waals surface area (Å²) in [5.74, 6) is 3.22. The van der Waals surface area contributed by atoms with E-state index < -0.39 is 18.2 Å². The number of carbonyl (C=O) groups excluding carboxylic acids is 1. The van der Waals surface area contributed by atoms with Crippen LogP contribution in [0.25, 0.3) is 0 Å². The fourth-order valence-corrected chi connectivity index (χ4v) is 7.86. The lowest BCUT2D eigenvalue weighted by atomic mass is 9.71. The van der Waals surface area contributed by atoms with E-state index in [0.717, 1.165) is 33.4 Å². The van der Waals surface area contributed by atoms with E-state index in [0.29, 0.717) is 48.2 Å². The van der Waals surface area contributed by atoms with Gasteiger partial charge in [-0.25, -0.2) is 4.79 Å². The molecule has 1 saturated heterocycles. The Morgan fingerprint density at radius 3 is 2.58 bits per heavy atom. The average Bonchev–Trinajstić information content (AvgIpc) is 3.53. The summed E-state index contributed by atoms with van der Waals surface area (Å²) >= 11 is 0. The van der Waals surface area contributed by atoms with E-state index in [4.69, 9.17) is 33.2 Å². The lowest BCUT2D eigenvalue weighted by molar-refractivity contribution is -0.0731. The number of ether oxygens (including phenoxy) is 7. The smallest absolute Gasteiger partial charge is 0.406 e. The Hall–Kier alpha value is -4.18.